The molecule has 0 unspecified atom stereocenters. The number of hydrogen-bond acceptors (Lipinski definition) is 5. The maximum absolute atomic E-state index is 12.6. The van der Waals surface area contributed by atoms with Crippen molar-refractivity contribution in [3.63, 3.8) is 0 Å². The molecule has 2 atom stereocenters. The number of aromatic nitrogens is 2. The summed E-state index contributed by atoms with van der Waals surface area (Å²) in [4.78, 5) is 33.2. The molecule has 0 spiro atoms. The van der Waals surface area contributed by atoms with Crippen LogP contribution in [-0.4, -0.2) is 45.7 Å². The second kappa shape index (κ2) is 6.64. The third-order valence-corrected chi connectivity index (χ3v) is 5.61. The van der Waals surface area contributed by atoms with E-state index in [1.807, 2.05) is 32.6 Å². The molecule has 6 nitrogen and oxygen atoms in total. The number of carbonyl (C=O) groups is 1. The van der Waals surface area contributed by atoms with Crippen LogP contribution in [0.2, 0.25) is 0 Å². The van der Waals surface area contributed by atoms with Crippen LogP contribution < -0.4 is 5.56 Å². The Morgan fingerprint density at radius 3 is 2.67 bits per heavy atom. The Morgan fingerprint density at radius 1 is 1.33 bits per heavy atom. The van der Waals surface area contributed by atoms with Crippen LogP contribution in [0.25, 0.3) is 10.2 Å². The van der Waals surface area contributed by atoms with E-state index >= 15 is 0 Å². The van der Waals surface area contributed by atoms with Crippen molar-refractivity contribution in [2.24, 2.45) is 0 Å². The van der Waals surface area contributed by atoms with Crippen LogP contribution in [0.1, 0.15) is 30.7 Å². The van der Waals surface area contributed by atoms with Crippen LogP contribution in [0.15, 0.2) is 11.1 Å². The normalized spacial score (nSPS) is 21.4. The summed E-state index contributed by atoms with van der Waals surface area (Å²) < 4.78 is 7.20. The first-order valence-electron chi connectivity index (χ1n) is 8.25. The molecule has 1 amide bonds. The van der Waals surface area contributed by atoms with Gasteiger partial charge in [-0.2, -0.15) is 0 Å². The summed E-state index contributed by atoms with van der Waals surface area (Å²) in [5, 5.41) is 0.682. The third-order valence-electron chi connectivity index (χ3n) is 4.49. The zero-order valence-electron chi connectivity index (χ0n) is 14.5. The fourth-order valence-corrected chi connectivity index (χ4v) is 4.17. The van der Waals surface area contributed by atoms with E-state index in [1.54, 1.807) is 10.9 Å². The van der Waals surface area contributed by atoms with Crippen LogP contribution in [0, 0.1) is 13.8 Å². The average Bonchev–Trinajstić information content (AvgIpc) is 2.81. The maximum atomic E-state index is 12.6. The molecule has 1 aliphatic heterocycles. The van der Waals surface area contributed by atoms with Crippen molar-refractivity contribution in [3.05, 3.63) is 27.1 Å². The van der Waals surface area contributed by atoms with Gasteiger partial charge in [-0.05, 0) is 33.3 Å². The van der Waals surface area contributed by atoms with Crippen molar-refractivity contribution in [1.82, 2.24) is 14.5 Å². The van der Waals surface area contributed by atoms with Crippen molar-refractivity contribution in [3.8, 4) is 0 Å². The smallest absolute Gasteiger partial charge is 0.262 e. The van der Waals surface area contributed by atoms with Crippen LogP contribution in [0.4, 0.5) is 0 Å². The third kappa shape index (κ3) is 3.23. The molecule has 130 valence electrons. The molecule has 1 saturated heterocycles. The lowest BCUT2D eigenvalue weighted by Gasteiger charge is -2.35. The van der Waals surface area contributed by atoms with Gasteiger partial charge in [0.25, 0.3) is 5.56 Å². The van der Waals surface area contributed by atoms with Gasteiger partial charge in [-0.15, -0.1) is 11.3 Å². The lowest BCUT2D eigenvalue weighted by molar-refractivity contribution is -0.143. The van der Waals surface area contributed by atoms with Gasteiger partial charge in [-0.1, -0.05) is 0 Å². The molecule has 1 aliphatic rings. The van der Waals surface area contributed by atoms with Gasteiger partial charge in [-0.3, -0.25) is 14.2 Å². The van der Waals surface area contributed by atoms with Crippen molar-refractivity contribution < 1.29 is 9.53 Å². The van der Waals surface area contributed by atoms with Gasteiger partial charge < -0.3 is 9.64 Å². The summed E-state index contributed by atoms with van der Waals surface area (Å²) in [7, 11) is 0. The molecule has 0 saturated carbocycles. The fourth-order valence-electron chi connectivity index (χ4n) is 3.18. The zero-order chi connectivity index (χ0) is 17.4. The van der Waals surface area contributed by atoms with E-state index in [1.165, 1.54) is 11.3 Å². The van der Waals surface area contributed by atoms with E-state index in [9.17, 15) is 9.59 Å². The minimum atomic E-state index is -0.0571. The van der Waals surface area contributed by atoms with Gasteiger partial charge in [0.1, 0.15) is 4.83 Å². The largest absolute Gasteiger partial charge is 0.372 e. The molecular weight excluding hydrogens is 326 g/mol. The number of ether oxygens (including phenoxy) is 1. The molecule has 0 aromatic carbocycles. The van der Waals surface area contributed by atoms with E-state index in [0.29, 0.717) is 31.4 Å². The Balaban J connectivity index is 1.74. The highest BCUT2D eigenvalue weighted by molar-refractivity contribution is 7.18. The summed E-state index contributed by atoms with van der Waals surface area (Å²) in [6.45, 7) is 9.46. The van der Waals surface area contributed by atoms with Crippen molar-refractivity contribution in [2.75, 3.05) is 13.1 Å². The highest BCUT2D eigenvalue weighted by Gasteiger charge is 2.25. The number of rotatable bonds is 3. The standard InChI is InChI=1S/C17H23N3O3S/c1-10-7-20(8-11(2)23-10)14(21)5-6-19-9-18-16-15(17(19)22)12(3)13(4)24-16/h9-11H,5-8H2,1-4H3/t10-,11-/m0/s1. The van der Waals surface area contributed by atoms with E-state index in [2.05, 4.69) is 4.98 Å². The second-order valence-electron chi connectivity index (χ2n) is 6.51. The summed E-state index contributed by atoms with van der Waals surface area (Å²) in [6.07, 6.45) is 1.96. The lowest BCUT2D eigenvalue weighted by Crippen LogP contribution is -2.48. The number of morpholine rings is 1. The number of carbonyl (C=O) groups excluding carboxylic acids is 1. The molecule has 7 heteroatoms. The van der Waals surface area contributed by atoms with Crippen LogP contribution in [0.3, 0.4) is 0 Å². The molecule has 24 heavy (non-hydrogen) atoms. The number of thiophene rings is 1. The topological polar surface area (TPSA) is 64.4 Å². The highest BCUT2D eigenvalue weighted by atomic mass is 32.1. The minimum Gasteiger partial charge on any atom is -0.372 e. The van der Waals surface area contributed by atoms with Gasteiger partial charge >= 0.3 is 0 Å². The fraction of sp³-hybridized carbons (Fsp3) is 0.588. The van der Waals surface area contributed by atoms with Crippen LogP contribution in [0.5, 0.6) is 0 Å². The van der Waals surface area contributed by atoms with Crippen molar-refractivity contribution >= 4 is 27.5 Å². The predicted octanol–water partition coefficient (Wildman–Crippen LogP) is 2.10. The van der Waals surface area contributed by atoms with E-state index in [-0.39, 0.29) is 23.7 Å². The lowest BCUT2D eigenvalue weighted by atomic mass is 10.2. The first-order chi connectivity index (χ1) is 11.4. The first-order valence-corrected chi connectivity index (χ1v) is 9.07. The predicted molar refractivity (Wildman–Crippen MR) is 94.6 cm³/mol. The molecule has 3 heterocycles. The van der Waals surface area contributed by atoms with E-state index < -0.39 is 0 Å². The molecule has 0 bridgehead atoms. The van der Waals surface area contributed by atoms with Gasteiger partial charge in [0.15, 0.2) is 0 Å². The van der Waals surface area contributed by atoms with E-state index in [0.717, 1.165) is 15.3 Å². The number of nitrogens with zero attached hydrogens (tertiary/aromatic N) is 3. The van der Waals surface area contributed by atoms with Gasteiger partial charge in [0.05, 0.1) is 23.9 Å². The Hall–Kier alpha value is -1.73. The Bertz CT molecular complexity index is 816. The zero-order valence-corrected chi connectivity index (χ0v) is 15.4. The minimum absolute atomic E-state index is 0.0508. The molecule has 0 radical (unpaired) electrons. The molecule has 2 aromatic heterocycles. The Kier molecular flexibility index (Phi) is 4.73. The molecule has 1 fully saturated rings. The van der Waals surface area contributed by atoms with Crippen LogP contribution in [-0.2, 0) is 16.1 Å². The van der Waals surface area contributed by atoms with Gasteiger partial charge in [0, 0.05) is 30.9 Å². The number of amides is 1. The SMILES string of the molecule is Cc1sc2ncn(CCC(=O)N3C[C@H](C)O[C@@H](C)C3)c(=O)c2c1C. The summed E-state index contributed by atoms with van der Waals surface area (Å²) in [5.41, 5.74) is 0.933. The monoisotopic (exact) mass is 349 g/mol. The highest BCUT2D eigenvalue weighted by Crippen LogP contribution is 2.25. The number of aryl methyl sites for hydroxylation is 3. The first kappa shape index (κ1) is 17.1. The summed E-state index contributed by atoms with van der Waals surface area (Å²) in [6, 6.07) is 0. The quantitative estimate of drug-likeness (QED) is 0.851. The van der Waals surface area contributed by atoms with Gasteiger partial charge in [0.2, 0.25) is 5.91 Å². The molecular formula is C17H23N3O3S. The average molecular weight is 349 g/mol. The second-order valence-corrected chi connectivity index (χ2v) is 7.72. The Labute approximate surface area is 145 Å². The number of hydrogen-bond donors (Lipinski definition) is 0. The number of fused-ring (bicyclic) bond motifs is 1. The van der Waals surface area contributed by atoms with Crippen molar-refractivity contribution in [1.29, 1.82) is 0 Å². The van der Waals surface area contributed by atoms with Gasteiger partial charge in [-0.25, -0.2) is 4.98 Å². The molecule has 3 rings (SSSR count). The molecule has 0 aliphatic carbocycles. The Morgan fingerprint density at radius 2 is 2.00 bits per heavy atom. The van der Waals surface area contributed by atoms with Crippen LogP contribution >= 0.6 is 11.3 Å². The summed E-state index contributed by atoms with van der Waals surface area (Å²) in [5.74, 6) is 0.0576. The van der Waals surface area contributed by atoms with E-state index in [4.69, 9.17) is 4.74 Å². The van der Waals surface area contributed by atoms with Crippen molar-refractivity contribution in [2.45, 2.75) is 52.9 Å². The molecule has 0 N–H and O–H groups in total. The molecule has 2 aromatic rings. The summed E-state index contributed by atoms with van der Waals surface area (Å²) >= 11 is 1.54. The maximum Gasteiger partial charge on any atom is 0.262 e.